The maximum absolute atomic E-state index is 10.9. The van der Waals surface area contributed by atoms with Crippen LogP contribution in [0.5, 0.6) is 5.75 Å². The number of unbranched alkanes of at least 4 members (excludes halogenated alkanes) is 7. The Morgan fingerprint density at radius 1 is 1.05 bits per heavy atom. The fraction of sp³-hybridized carbons (Fsp3) is 0.647. The van der Waals surface area contributed by atoms with E-state index in [0.717, 1.165) is 18.4 Å². The molecule has 112 valence electrons. The minimum absolute atomic E-state index is 0.407. The Kier molecular flexibility index (Phi) is 8.68. The standard InChI is InChI=1S/C17H27NO2/c1-3-4-5-6-7-8-9-10-13-20-17-12-11-15(2)18-16(17)14-19/h11-12,14H,3-10,13H2,1-2H3. The van der Waals surface area contributed by atoms with E-state index in [2.05, 4.69) is 11.9 Å². The molecule has 20 heavy (non-hydrogen) atoms. The predicted octanol–water partition coefficient (Wildman–Crippen LogP) is 4.72. The van der Waals surface area contributed by atoms with Crippen molar-refractivity contribution in [2.75, 3.05) is 6.61 Å². The minimum atomic E-state index is 0.407. The Morgan fingerprint density at radius 2 is 1.70 bits per heavy atom. The van der Waals surface area contributed by atoms with E-state index in [9.17, 15) is 4.79 Å². The zero-order valence-electron chi connectivity index (χ0n) is 12.9. The molecule has 3 nitrogen and oxygen atoms in total. The lowest BCUT2D eigenvalue weighted by molar-refractivity contribution is 0.111. The zero-order valence-corrected chi connectivity index (χ0v) is 12.9. The first kappa shape index (κ1) is 16.7. The first-order chi connectivity index (χ1) is 9.77. The predicted molar refractivity (Wildman–Crippen MR) is 82.5 cm³/mol. The first-order valence-electron chi connectivity index (χ1n) is 7.83. The number of ether oxygens (including phenoxy) is 1. The number of pyridine rings is 1. The second kappa shape index (κ2) is 10.4. The highest BCUT2D eigenvalue weighted by atomic mass is 16.5. The third-order valence-electron chi connectivity index (χ3n) is 3.39. The highest BCUT2D eigenvalue weighted by molar-refractivity contribution is 5.76. The van der Waals surface area contributed by atoms with Gasteiger partial charge in [0.05, 0.1) is 6.61 Å². The SMILES string of the molecule is CCCCCCCCCCOc1ccc(C)nc1C=O. The van der Waals surface area contributed by atoms with Gasteiger partial charge < -0.3 is 4.74 Å². The summed E-state index contributed by atoms with van der Waals surface area (Å²) in [4.78, 5) is 15.1. The summed E-state index contributed by atoms with van der Waals surface area (Å²) in [5.74, 6) is 0.605. The number of aldehydes is 1. The Labute approximate surface area is 122 Å². The number of carbonyl (C=O) groups is 1. The monoisotopic (exact) mass is 277 g/mol. The molecule has 0 aliphatic heterocycles. The summed E-state index contributed by atoms with van der Waals surface area (Å²) in [5, 5.41) is 0. The van der Waals surface area contributed by atoms with Crippen molar-refractivity contribution in [3.8, 4) is 5.75 Å². The number of carbonyl (C=O) groups excluding carboxylic acids is 1. The van der Waals surface area contributed by atoms with E-state index < -0.39 is 0 Å². The highest BCUT2D eigenvalue weighted by Gasteiger charge is 2.04. The molecule has 0 radical (unpaired) electrons. The molecule has 3 heteroatoms. The summed E-state index contributed by atoms with van der Waals surface area (Å²) < 4.78 is 5.63. The first-order valence-corrected chi connectivity index (χ1v) is 7.83. The normalized spacial score (nSPS) is 10.5. The summed E-state index contributed by atoms with van der Waals surface area (Å²) in [6.07, 6.45) is 11.0. The Hall–Kier alpha value is -1.38. The van der Waals surface area contributed by atoms with Crippen LogP contribution in [0.4, 0.5) is 0 Å². The van der Waals surface area contributed by atoms with Crippen LogP contribution in [0.2, 0.25) is 0 Å². The van der Waals surface area contributed by atoms with Crippen molar-refractivity contribution in [1.29, 1.82) is 0 Å². The Morgan fingerprint density at radius 3 is 2.35 bits per heavy atom. The van der Waals surface area contributed by atoms with Crippen LogP contribution in [0.1, 0.15) is 74.5 Å². The molecule has 0 saturated heterocycles. The van der Waals surface area contributed by atoms with Gasteiger partial charge >= 0.3 is 0 Å². The van der Waals surface area contributed by atoms with Crippen molar-refractivity contribution in [3.05, 3.63) is 23.5 Å². The van der Waals surface area contributed by atoms with Gasteiger partial charge in [0, 0.05) is 5.69 Å². The second-order valence-corrected chi connectivity index (χ2v) is 5.28. The highest BCUT2D eigenvalue weighted by Crippen LogP contribution is 2.16. The third kappa shape index (κ3) is 6.69. The molecule has 0 aliphatic rings. The molecule has 0 aliphatic carbocycles. The van der Waals surface area contributed by atoms with Crippen molar-refractivity contribution in [2.45, 2.75) is 65.2 Å². The van der Waals surface area contributed by atoms with Gasteiger partial charge in [-0.3, -0.25) is 4.79 Å². The zero-order chi connectivity index (χ0) is 14.6. The molecule has 1 heterocycles. The molecule has 0 aromatic carbocycles. The lowest BCUT2D eigenvalue weighted by Crippen LogP contribution is -2.02. The quantitative estimate of drug-likeness (QED) is 0.434. The van der Waals surface area contributed by atoms with E-state index in [0.29, 0.717) is 18.1 Å². The smallest absolute Gasteiger partial charge is 0.172 e. The van der Waals surface area contributed by atoms with Gasteiger partial charge in [-0.05, 0) is 25.5 Å². The van der Waals surface area contributed by atoms with Crippen LogP contribution in [0.3, 0.4) is 0 Å². The Balaban J connectivity index is 2.11. The van der Waals surface area contributed by atoms with Crippen LogP contribution in [0, 0.1) is 6.92 Å². The molecule has 0 N–H and O–H groups in total. The minimum Gasteiger partial charge on any atom is -0.491 e. The van der Waals surface area contributed by atoms with Crippen molar-refractivity contribution in [3.63, 3.8) is 0 Å². The second-order valence-electron chi connectivity index (χ2n) is 5.28. The lowest BCUT2D eigenvalue weighted by Gasteiger charge is -2.08. The number of nitrogens with zero attached hydrogens (tertiary/aromatic N) is 1. The number of hydrogen-bond donors (Lipinski definition) is 0. The van der Waals surface area contributed by atoms with E-state index in [-0.39, 0.29) is 0 Å². The van der Waals surface area contributed by atoms with E-state index in [4.69, 9.17) is 4.74 Å². The molecule has 1 aromatic rings. The molecule has 1 rings (SSSR count). The summed E-state index contributed by atoms with van der Waals surface area (Å²) in [6, 6.07) is 3.70. The lowest BCUT2D eigenvalue weighted by atomic mass is 10.1. The third-order valence-corrected chi connectivity index (χ3v) is 3.39. The van der Waals surface area contributed by atoms with Gasteiger partial charge in [-0.1, -0.05) is 51.9 Å². The largest absolute Gasteiger partial charge is 0.491 e. The molecular formula is C17H27NO2. The number of rotatable bonds is 11. The van der Waals surface area contributed by atoms with E-state index in [1.165, 1.54) is 44.9 Å². The fourth-order valence-electron chi connectivity index (χ4n) is 2.19. The van der Waals surface area contributed by atoms with Gasteiger partial charge in [-0.25, -0.2) is 4.98 Å². The number of aromatic nitrogens is 1. The molecular weight excluding hydrogens is 250 g/mol. The summed E-state index contributed by atoms with van der Waals surface area (Å²) in [6.45, 7) is 4.78. The van der Waals surface area contributed by atoms with Crippen molar-refractivity contribution < 1.29 is 9.53 Å². The van der Waals surface area contributed by atoms with Crippen molar-refractivity contribution in [1.82, 2.24) is 4.98 Å². The molecule has 1 aromatic heterocycles. The topological polar surface area (TPSA) is 39.2 Å². The molecule has 0 bridgehead atoms. The molecule has 0 amide bonds. The Bertz CT molecular complexity index is 391. The summed E-state index contributed by atoms with van der Waals surface area (Å²) in [5.41, 5.74) is 1.25. The van der Waals surface area contributed by atoms with Crippen molar-refractivity contribution in [2.24, 2.45) is 0 Å². The van der Waals surface area contributed by atoms with E-state index >= 15 is 0 Å². The molecule has 0 fully saturated rings. The van der Waals surface area contributed by atoms with Crippen molar-refractivity contribution >= 4 is 6.29 Å². The summed E-state index contributed by atoms with van der Waals surface area (Å²) >= 11 is 0. The van der Waals surface area contributed by atoms with E-state index in [1.807, 2.05) is 19.1 Å². The van der Waals surface area contributed by atoms with Crippen LogP contribution in [-0.2, 0) is 0 Å². The van der Waals surface area contributed by atoms with Gasteiger partial charge in [-0.2, -0.15) is 0 Å². The van der Waals surface area contributed by atoms with Crippen LogP contribution in [0.25, 0.3) is 0 Å². The molecule has 0 unspecified atom stereocenters. The summed E-state index contributed by atoms with van der Waals surface area (Å²) in [7, 11) is 0. The maximum atomic E-state index is 10.9. The number of aryl methyl sites for hydroxylation is 1. The van der Waals surface area contributed by atoms with Crippen LogP contribution in [0.15, 0.2) is 12.1 Å². The average molecular weight is 277 g/mol. The van der Waals surface area contributed by atoms with Gasteiger partial charge in [0.15, 0.2) is 6.29 Å². The number of hydrogen-bond acceptors (Lipinski definition) is 3. The van der Waals surface area contributed by atoms with Gasteiger partial charge in [0.2, 0.25) is 0 Å². The van der Waals surface area contributed by atoms with Crippen LogP contribution < -0.4 is 4.74 Å². The molecule has 0 spiro atoms. The maximum Gasteiger partial charge on any atom is 0.172 e. The fourth-order valence-corrected chi connectivity index (χ4v) is 2.19. The van der Waals surface area contributed by atoms with Crippen LogP contribution >= 0.6 is 0 Å². The van der Waals surface area contributed by atoms with Gasteiger partial charge in [0.25, 0.3) is 0 Å². The molecule has 0 saturated carbocycles. The van der Waals surface area contributed by atoms with Crippen LogP contribution in [-0.4, -0.2) is 17.9 Å². The average Bonchev–Trinajstić information content (AvgIpc) is 2.46. The molecule has 0 atom stereocenters. The van der Waals surface area contributed by atoms with Gasteiger partial charge in [0.1, 0.15) is 11.4 Å². The van der Waals surface area contributed by atoms with E-state index in [1.54, 1.807) is 0 Å². The van der Waals surface area contributed by atoms with Gasteiger partial charge in [-0.15, -0.1) is 0 Å².